The maximum Gasteiger partial charge on any atom is 0.335 e. The lowest BCUT2D eigenvalue weighted by Gasteiger charge is -2.03. The minimum Gasteiger partial charge on any atom is -0.497 e. The molecular weight excluding hydrogens is 218 g/mol. The van der Waals surface area contributed by atoms with E-state index in [0.717, 1.165) is 18.5 Å². The van der Waals surface area contributed by atoms with Crippen molar-refractivity contribution >= 4 is 12.0 Å². The first-order chi connectivity index (χ1) is 8.17. The Bertz CT molecular complexity index is 413. The largest absolute Gasteiger partial charge is 0.497 e. The van der Waals surface area contributed by atoms with Gasteiger partial charge in [-0.05, 0) is 43.8 Å². The highest BCUT2D eigenvalue weighted by atomic mass is 16.5. The van der Waals surface area contributed by atoms with Crippen molar-refractivity contribution in [1.82, 2.24) is 5.32 Å². The van der Waals surface area contributed by atoms with Gasteiger partial charge in [0.05, 0.1) is 12.7 Å². The average Bonchev–Trinajstić information content (AvgIpc) is 2.34. The number of rotatable bonds is 6. The smallest absolute Gasteiger partial charge is 0.335 e. The van der Waals surface area contributed by atoms with Gasteiger partial charge in [-0.1, -0.05) is 12.2 Å². The van der Waals surface area contributed by atoms with Crippen LogP contribution < -0.4 is 10.1 Å². The number of methoxy groups -OCH3 is 1. The maximum atomic E-state index is 10.9. The van der Waals surface area contributed by atoms with Crippen LogP contribution in [0.1, 0.15) is 22.3 Å². The van der Waals surface area contributed by atoms with Crippen LogP contribution in [-0.4, -0.2) is 31.8 Å². The van der Waals surface area contributed by atoms with Crippen LogP contribution in [0.3, 0.4) is 0 Å². The van der Waals surface area contributed by atoms with Crippen molar-refractivity contribution in [3.05, 3.63) is 35.4 Å². The van der Waals surface area contributed by atoms with Crippen molar-refractivity contribution in [2.45, 2.75) is 6.42 Å². The fraction of sp³-hybridized carbons (Fsp3) is 0.308. The summed E-state index contributed by atoms with van der Waals surface area (Å²) < 4.78 is 5.06. The molecule has 1 aromatic carbocycles. The summed E-state index contributed by atoms with van der Waals surface area (Å²) in [6.45, 7) is 0.895. The number of ether oxygens (including phenoxy) is 1. The van der Waals surface area contributed by atoms with Crippen LogP contribution in [0, 0.1) is 0 Å². The van der Waals surface area contributed by atoms with Crippen molar-refractivity contribution in [3.63, 3.8) is 0 Å². The van der Waals surface area contributed by atoms with Crippen LogP contribution in [0.5, 0.6) is 5.75 Å². The van der Waals surface area contributed by atoms with Gasteiger partial charge in [0.15, 0.2) is 0 Å². The molecule has 92 valence electrons. The molecule has 0 amide bonds. The third-order valence-electron chi connectivity index (χ3n) is 2.28. The summed E-state index contributed by atoms with van der Waals surface area (Å²) in [4.78, 5) is 10.9. The molecule has 0 aliphatic heterocycles. The van der Waals surface area contributed by atoms with Gasteiger partial charge in [-0.2, -0.15) is 0 Å². The Morgan fingerprint density at radius 3 is 2.82 bits per heavy atom. The van der Waals surface area contributed by atoms with E-state index in [0.29, 0.717) is 5.75 Å². The second-order valence-corrected chi connectivity index (χ2v) is 3.59. The zero-order valence-corrected chi connectivity index (χ0v) is 10.1. The summed E-state index contributed by atoms with van der Waals surface area (Å²) >= 11 is 0. The minimum atomic E-state index is -0.950. The van der Waals surface area contributed by atoms with Gasteiger partial charge in [-0.3, -0.25) is 0 Å². The molecule has 0 aliphatic rings. The zero-order chi connectivity index (χ0) is 12.7. The Labute approximate surface area is 101 Å². The molecule has 0 aliphatic carbocycles. The lowest BCUT2D eigenvalue weighted by molar-refractivity contribution is 0.0696. The van der Waals surface area contributed by atoms with E-state index >= 15 is 0 Å². The van der Waals surface area contributed by atoms with Gasteiger partial charge in [0.1, 0.15) is 5.75 Å². The van der Waals surface area contributed by atoms with E-state index in [4.69, 9.17) is 9.84 Å². The lowest BCUT2D eigenvalue weighted by atomic mass is 10.1. The molecule has 0 spiro atoms. The molecule has 1 rings (SSSR count). The number of hydrogen-bond donors (Lipinski definition) is 2. The highest BCUT2D eigenvalue weighted by Crippen LogP contribution is 2.18. The van der Waals surface area contributed by atoms with E-state index in [1.807, 2.05) is 25.3 Å². The summed E-state index contributed by atoms with van der Waals surface area (Å²) in [5.41, 5.74) is 1.07. The lowest BCUT2D eigenvalue weighted by Crippen LogP contribution is -2.05. The standard InChI is InChI=1S/C13H17NO3/c1-14-6-4-3-5-10-7-11(13(15)16)9-12(8-10)17-2/h3,5,7-9,14H,4,6H2,1-2H3,(H,15,16). The first kappa shape index (κ1) is 13.3. The Balaban J connectivity index is 2.87. The molecular formula is C13H17NO3. The van der Waals surface area contributed by atoms with Gasteiger partial charge in [-0.15, -0.1) is 0 Å². The topological polar surface area (TPSA) is 58.6 Å². The molecule has 0 bridgehead atoms. The number of carbonyl (C=O) groups is 1. The monoisotopic (exact) mass is 235 g/mol. The number of nitrogens with one attached hydrogen (secondary N) is 1. The maximum absolute atomic E-state index is 10.9. The Kier molecular flexibility index (Phi) is 5.23. The van der Waals surface area contributed by atoms with Crippen LogP contribution in [0.15, 0.2) is 24.3 Å². The third-order valence-corrected chi connectivity index (χ3v) is 2.28. The highest BCUT2D eigenvalue weighted by Gasteiger charge is 2.05. The molecule has 1 aromatic rings. The molecule has 0 unspecified atom stereocenters. The molecule has 0 radical (unpaired) electrons. The predicted octanol–water partition coefficient (Wildman–Crippen LogP) is 2.02. The van der Waals surface area contributed by atoms with Gasteiger partial charge in [0.25, 0.3) is 0 Å². The molecule has 0 saturated heterocycles. The van der Waals surface area contributed by atoms with Crippen molar-refractivity contribution in [2.24, 2.45) is 0 Å². The molecule has 4 nitrogen and oxygen atoms in total. The summed E-state index contributed by atoms with van der Waals surface area (Å²) in [6, 6.07) is 4.94. The van der Waals surface area contributed by atoms with Crippen LogP contribution in [0.2, 0.25) is 0 Å². The van der Waals surface area contributed by atoms with Crippen molar-refractivity contribution in [1.29, 1.82) is 0 Å². The predicted molar refractivity (Wildman–Crippen MR) is 67.5 cm³/mol. The second-order valence-electron chi connectivity index (χ2n) is 3.59. The number of aromatic carboxylic acids is 1. The Hall–Kier alpha value is -1.81. The quantitative estimate of drug-likeness (QED) is 0.740. The molecule has 0 heterocycles. The minimum absolute atomic E-state index is 0.234. The van der Waals surface area contributed by atoms with E-state index in [9.17, 15) is 4.79 Å². The van der Waals surface area contributed by atoms with E-state index in [1.54, 1.807) is 6.07 Å². The summed E-state index contributed by atoms with van der Waals surface area (Å²) in [7, 11) is 3.41. The van der Waals surface area contributed by atoms with E-state index < -0.39 is 5.97 Å². The Morgan fingerprint density at radius 1 is 1.47 bits per heavy atom. The number of hydrogen-bond acceptors (Lipinski definition) is 3. The van der Waals surface area contributed by atoms with Crippen molar-refractivity contribution in [3.8, 4) is 5.75 Å². The number of benzene rings is 1. The highest BCUT2D eigenvalue weighted by molar-refractivity contribution is 5.89. The molecule has 0 fully saturated rings. The fourth-order valence-corrected chi connectivity index (χ4v) is 1.41. The Morgan fingerprint density at radius 2 is 2.24 bits per heavy atom. The SMILES string of the molecule is CNCCC=Cc1cc(OC)cc(C(=O)O)c1. The summed E-state index contributed by atoms with van der Waals surface area (Å²) in [5, 5.41) is 12.0. The van der Waals surface area contributed by atoms with Crippen LogP contribution in [0.4, 0.5) is 0 Å². The van der Waals surface area contributed by atoms with Crippen molar-refractivity contribution < 1.29 is 14.6 Å². The number of carboxylic acids is 1. The van der Waals surface area contributed by atoms with Gasteiger partial charge >= 0.3 is 5.97 Å². The van der Waals surface area contributed by atoms with Gasteiger partial charge < -0.3 is 15.2 Å². The molecule has 4 heteroatoms. The van der Waals surface area contributed by atoms with Crippen LogP contribution in [-0.2, 0) is 0 Å². The van der Waals surface area contributed by atoms with Gasteiger partial charge in [0, 0.05) is 0 Å². The van der Waals surface area contributed by atoms with E-state index in [2.05, 4.69) is 5.32 Å². The average molecular weight is 235 g/mol. The van der Waals surface area contributed by atoms with Crippen molar-refractivity contribution in [2.75, 3.05) is 20.7 Å². The molecule has 0 saturated carbocycles. The second kappa shape index (κ2) is 6.70. The molecule has 0 atom stereocenters. The van der Waals surface area contributed by atoms with Gasteiger partial charge in [0.2, 0.25) is 0 Å². The third kappa shape index (κ3) is 4.28. The summed E-state index contributed by atoms with van der Waals surface area (Å²) in [6.07, 6.45) is 4.79. The first-order valence-corrected chi connectivity index (χ1v) is 5.41. The zero-order valence-electron chi connectivity index (χ0n) is 10.1. The van der Waals surface area contributed by atoms with E-state index in [-0.39, 0.29) is 5.56 Å². The summed E-state index contributed by atoms with van der Waals surface area (Å²) in [5.74, 6) is -0.396. The normalized spacial score (nSPS) is 10.7. The molecule has 17 heavy (non-hydrogen) atoms. The fourth-order valence-electron chi connectivity index (χ4n) is 1.41. The first-order valence-electron chi connectivity index (χ1n) is 5.41. The van der Waals surface area contributed by atoms with Gasteiger partial charge in [-0.25, -0.2) is 4.79 Å². The molecule has 0 aromatic heterocycles. The van der Waals surface area contributed by atoms with E-state index in [1.165, 1.54) is 13.2 Å². The number of carboxylic acid groups (broad SMARTS) is 1. The molecule has 2 N–H and O–H groups in total. The van der Waals surface area contributed by atoms with Crippen LogP contribution >= 0.6 is 0 Å². The van der Waals surface area contributed by atoms with Crippen LogP contribution in [0.25, 0.3) is 6.08 Å².